The van der Waals surface area contributed by atoms with Crippen LogP contribution in [0.1, 0.15) is 11.4 Å². The zero-order chi connectivity index (χ0) is 22.6. The van der Waals surface area contributed by atoms with Crippen molar-refractivity contribution in [2.45, 2.75) is 18.4 Å². The van der Waals surface area contributed by atoms with Gasteiger partial charge in [-0.2, -0.15) is 19.3 Å². The van der Waals surface area contributed by atoms with Gasteiger partial charge in [0.2, 0.25) is 21.9 Å². The maximum Gasteiger partial charge on any atom is 0.243 e. The molecule has 1 saturated heterocycles. The Morgan fingerprint density at radius 2 is 1.78 bits per heavy atom. The molecule has 0 bridgehead atoms. The SMILES string of the molecule is Cc1ccccc1Nc1nc(N)nc(COc2ccc(S(=O)(=O)N3CCOCC3)cc2)n1. The molecule has 0 unspecified atom stereocenters. The molecule has 0 saturated carbocycles. The molecule has 32 heavy (non-hydrogen) atoms. The monoisotopic (exact) mass is 456 g/mol. The average molecular weight is 457 g/mol. The van der Waals surface area contributed by atoms with E-state index in [-0.39, 0.29) is 17.5 Å². The van der Waals surface area contributed by atoms with Crippen molar-refractivity contribution in [3.63, 3.8) is 0 Å². The molecule has 1 aliphatic rings. The first-order valence-electron chi connectivity index (χ1n) is 10.1. The molecule has 1 aromatic heterocycles. The lowest BCUT2D eigenvalue weighted by molar-refractivity contribution is 0.0730. The molecule has 1 fully saturated rings. The van der Waals surface area contributed by atoms with Gasteiger partial charge in [-0.05, 0) is 42.8 Å². The lowest BCUT2D eigenvalue weighted by Gasteiger charge is -2.26. The van der Waals surface area contributed by atoms with Gasteiger partial charge in [-0.1, -0.05) is 18.2 Å². The van der Waals surface area contributed by atoms with Crippen LogP contribution in [0, 0.1) is 6.92 Å². The summed E-state index contributed by atoms with van der Waals surface area (Å²) < 4.78 is 37.8. The maximum absolute atomic E-state index is 12.7. The molecule has 3 N–H and O–H groups in total. The third-order valence-corrected chi connectivity index (χ3v) is 6.80. The van der Waals surface area contributed by atoms with Crippen LogP contribution in [0.25, 0.3) is 0 Å². The minimum absolute atomic E-state index is 0.0464. The van der Waals surface area contributed by atoms with Gasteiger partial charge in [0.1, 0.15) is 12.4 Å². The van der Waals surface area contributed by atoms with Gasteiger partial charge < -0.3 is 20.5 Å². The van der Waals surface area contributed by atoms with Gasteiger partial charge in [0.15, 0.2) is 5.82 Å². The highest BCUT2D eigenvalue weighted by Gasteiger charge is 2.26. The highest BCUT2D eigenvalue weighted by Crippen LogP contribution is 2.22. The lowest BCUT2D eigenvalue weighted by atomic mass is 10.2. The number of sulfonamides is 1. The van der Waals surface area contributed by atoms with Crippen LogP contribution in [-0.2, 0) is 21.4 Å². The zero-order valence-corrected chi connectivity index (χ0v) is 18.4. The number of ether oxygens (including phenoxy) is 2. The fourth-order valence-corrected chi connectivity index (χ4v) is 4.59. The summed E-state index contributed by atoms with van der Waals surface area (Å²) in [6.45, 7) is 3.51. The summed E-state index contributed by atoms with van der Waals surface area (Å²) >= 11 is 0. The van der Waals surface area contributed by atoms with E-state index in [1.165, 1.54) is 16.4 Å². The van der Waals surface area contributed by atoms with Crippen molar-refractivity contribution >= 4 is 27.6 Å². The first kappa shape index (κ1) is 21.9. The minimum atomic E-state index is -3.55. The molecule has 2 heterocycles. The number of aryl methyl sites for hydroxylation is 1. The molecular weight excluding hydrogens is 432 g/mol. The van der Waals surface area contributed by atoms with Crippen LogP contribution < -0.4 is 15.8 Å². The predicted molar refractivity (Wildman–Crippen MR) is 119 cm³/mol. The van der Waals surface area contributed by atoms with Crippen molar-refractivity contribution < 1.29 is 17.9 Å². The molecule has 3 aromatic rings. The summed E-state index contributed by atoms with van der Waals surface area (Å²) in [6.07, 6.45) is 0. The Hall–Kier alpha value is -3.28. The van der Waals surface area contributed by atoms with E-state index >= 15 is 0 Å². The van der Waals surface area contributed by atoms with E-state index in [9.17, 15) is 8.42 Å². The number of hydrogen-bond acceptors (Lipinski definition) is 9. The van der Waals surface area contributed by atoms with Crippen molar-refractivity contribution in [2.24, 2.45) is 0 Å². The van der Waals surface area contributed by atoms with E-state index in [4.69, 9.17) is 15.2 Å². The van der Waals surface area contributed by atoms with E-state index in [0.717, 1.165) is 11.3 Å². The van der Waals surface area contributed by atoms with Gasteiger partial charge in [-0.3, -0.25) is 0 Å². The van der Waals surface area contributed by atoms with Gasteiger partial charge in [0.25, 0.3) is 0 Å². The van der Waals surface area contributed by atoms with Crippen molar-refractivity contribution in [1.29, 1.82) is 0 Å². The summed E-state index contributed by atoms with van der Waals surface area (Å²) in [5.41, 5.74) is 7.72. The lowest BCUT2D eigenvalue weighted by Crippen LogP contribution is -2.40. The third kappa shape index (κ3) is 5.13. The summed E-state index contributed by atoms with van der Waals surface area (Å²) in [5.74, 6) is 1.22. The standard InChI is InChI=1S/C21H24N6O4S/c1-15-4-2-3-5-18(15)23-21-25-19(24-20(22)26-21)14-31-16-6-8-17(9-7-16)32(28,29)27-10-12-30-13-11-27/h2-9H,10-14H2,1H3,(H3,22,23,24,25,26). The Bertz CT molecular complexity index is 1180. The van der Waals surface area contributed by atoms with Gasteiger partial charge in [-0.25, -0.2) is 8.42 Å². The molecule has 2 aromatic carbocycles. The highest BCUT2D eigenvalue weighted by atomic mass is 32.2. The quantitative estimate of drug-likeness (QED) is 0.548. The second-order valence-corrected chi connectivity index (χ2v) is 9.09. The summed E-state index contributed by atoms with van der Waals surface area (Å²) in [4.78, 5) is 12.8. The number of para-hydroxylation sites is 1. The molecule has 1 aliphatic heterocycles. The van der Waals surface area contributed by atoms with Crippen LogP contribution in [0.3, 0.4) is 0 Å². The summed E-state index contributed by atoms with van der Waals surface area (Å²) in [7, 11) is -3.55. The number of benzene rings is 2. The number of nitrogens with one attached hydrogen (secondary N) is 1. The van der Waals surface area contributed by atoms with Crippen molar-refractivity contribution in [2.75, 3.05) is 37.4 Å². The molecule has 10 nitrogen and oxygen atoms in total. The molecule has 168 valence electrons. The maximum atomic E-state index is 12.7. The number of anilines is 3. The number of rotatable bonds is 7. The molecule has 0 aliphatic carbocycles. The number of nitrogens with two attached hydrogens (primary N) is 1. The van der Waals surface area contributed by atoms with Gasteiger partial charge in [0.05, 0.1) is 18.1 Å². The average Bonchev–Trinajstić information content (AvgIpc) is 2.80. The number of nitrogens with zero attached hydrogens (tertiary/aromatic N) is 4. The third-order valence-electron chi connectivity index (χ3n) is 4.89. The van der Waals surface area contributed by atoms with Gasteiger partial charge in [-0.15, -0.1) is 0 Å². The molecule has 11 heteroatoms. The van der Waals surface area contributed by atoms with E-state index < -0.39 is 10.0 Å². The zero-order valence-electron chi connectivity index (χ0n) is 17.6. The first-order valence-corrected chi connectivity index (χ1v) is 11.5. The van der Waals surface area contributed by atoms with Gasteiger partial charge >= 0.3 is 0 Å². The minimum Gasteiger partial charge on any atom is -0.486 e. The Morgan fingerprint density at radius 1 is 1.06 bits per heavy atom. The van der Waals surface area contributed by atoms with Crippen molar-refractivity contribution in [3.8, 4) is 5.75 Å². The number of morpholine rings is 1. The van der Waals surface area contributed by atoms with Crippen LogP contribution in [0.2, 0.25) is 0 Å². The fraction of sp³-hybridized carbons (Fsp3) is 0.286. The second-order valence-electron chi connectivity index (χ2n) is 7.15. The molecule has 0 atom stereocenters. The highest BCUT2D eigenvalue weighted by molar-refractivity contribution is 7.89. The van der Waals surface area contributed by atoms with Gasteiger partial charge in [0, 0.05) is 18.8 Å². The number of aromatic nitrogens is 3. The predicted octanol–water partition coefficient (Wildman–Crippen LogP) is 2.11. The first-order chi connectivity index (χ1) is 15.4. The second kappa shape index (κ2) is 9.47. The topological polar surface area (TPSA) is 133 Å². The van der Waals surface area contributed by atoms with Crippen LogP contribution in [0.4, 0.5) is 17.6 Å². The Labute approximate surface area is 186 Å². The molecule has 0 radical (unpaired) electrons. The number of hydrogen-bond donors (Lipinski definition) is 2. The molecular formula is C21H24N6O4S. The van der Waals surface area contributed by atoms with Crippen LogP contribution in [0.15, 0.2) is 53.4 Å². The van der Waals surface area contributed by atoms with Crippen LogP contribution >= 0.6 is 0 Å². The van der Waals surface area contributed by atoms with Crippen molar-refractivity contribution in [1.82, 2.24) is 19.3 Å². The summed E-state index contributed by atoms with van der Waals surface area (Å²) in [6, 6.07) is 14.0. The van der Waals surface area contributed by atoms with E-state index in [2.05, 4.69) is 20.3 Å². The van der Waals surface area contributed by atoms with E-state index in [1.54, 1.807) is 12.1 Å². The smallest absolute Gasteiger partial charge is 0.243 e. The van der Waals surface area contributed by atoms with Crippen LogP contribution in [0.5, 0.6) is 5.75 Å². The Kier molecular flexibility index (Phi) is 6.49. The Morgan fingerprint density at radius 3 is 2.50 bits per heavy atom. The largest absolute Gasteiger partial charge is 0.486 e. The Balaban J connectivity index is 1.42. The fourth-order valence-electron chi connectivity index (χ4n) is 3.18. The molecule has 0 amide bonds. The summed E-state index contributed by atoms with van der Waals surface area (Å²) in [5, 5.41) is 3.13. The molecule has 0 spiro atoms. The van der Waals surface area contributed by atoms with Crippen LogP contribution in [-0.4, -0.2) is 54.0 Å². The number of nitrogen functional groups attached to an aromatic ring is 1. The molecule has 4 rings (SSSR count). The van der Waals surface area contributed by atoms with E-state index in [0.29, 0.717) is 43.8 Å². The van der Waals surface area contributed by atoms with E-state index in [1.807, 2.05) is 31.2 Å². The van der Waals surface area contributed by atoms with Crippen molar-refractivity contribution in [3.05, 3.63) is 59.9 Å². The normalized spacial score (nSPS) is 14.8.